The Morgan fingerprint density at radius 3 is 2.45 bits per heavy atom. The molecule has 0 radical (unpaired) electrons. The smallest absolute Gasteiger partial charge is 0.337 e. The fraction of sp³-hybridized carbons (Fsp3) is 0.125. The van der Waals surface area contributed by atoms with Crippen molar-refractivity contribution in [3.63, 3.8) is 0 Å². The van der Waals surface area contributed by atoms with E-state index in [-0.39, 0.29) is 18.5 Å². The maximum Gasteiger partial charge on any atom is 0.337 e. The molecule has 1 aliphatic rings. The van der Waals surface area contributed by atoms with Gasteiger partial charge in [-0.3, -0.25) is 4.79 Å². The second kappa shape index (κ2) is 5.40. The van der Waals surface area contributed by atoms with Crippen molar-refractivity contribution >= 4 is 34.7 Å². The molecule has 0 amide bonds. The van der Waals surface area contributed by atoms with E-state index in [4.69, 9.17) is 5.11 Å². The predicted molar refractivity (Wildman–Crippen MR) is 82.4 cm³/mol. The van der Waals surface area contributed by atoms with Crippen LogP contribution in [0.15, 0.2) is 42.5 Å². The molecule has 112 valence electrons. The number of aromatic carboxylic acids is 1. The first kappa shape index (κ1) is 13.9. The summed E-state index contributed by atoms with van der Waals surface area (Å²) >= 11 is 0. The Kier molecular flexibility index (Phi) is 3.42. The van der Waals surface area contributed by atoms with Crippen LogP contribution < -0.4 is 10.2 Å². The zero-order chi connectivity index (χ0) is 15.7. The van der Waals surface area contributed by atoms with Crippen LogP contribution in [0.4, 0.5) is 22.7 Å². The number of fused-ring (bicyclic) bond motifs is 2. The maximum absolute atomic E-state index is 11.4. The van der Waals surface area contributed by atoms with E-state index >= 15 is 0 Å². The summed E-state index contributed by atoms with van der Waals surface area (Å²) in [6, 6.07) is 12.4. The Bertz CT molecular complexity index is 758. The summed E-state index contributed by atoms with van der Waals surface area (Å²) < 4.78 is 0. The van der Waals surface area contributed by atoms with Crippen LogP contribution in [0, 0.1) is 0 Å². The monoisotopic (exact) mass is 298 g/mol. The SMILES string of the molecule is O=C(O)CCN1c2ccccc2Nc2c(C(=O)O)cccc21. The molecular weight excluding hydrogens is 284 g/mol. The number of nitrogens with zero attached hydrogens (tertiary/aromatic N) is 1. The molecule has 0 fully saturated rings. The quantitative estimate of drug-likeness (QED) is 0.803. The van der Waals surface area contributed by atoms with Gasteiger partial charge in [0.25, 0.3) is 0 Å². The van der Waals surface area contributed by atoms with Gasteiger partial charge in [-0.05, 0) is 24.3 Å². The van der Waals surface area contributed by atoms with Gasteiger partial charge < -0.3 is 20.4 Å². The number of aliphatic carboxylic acids is 1. The summed E-state index contributed by atoms with van der Waals surface area (Å²) in [7, 11) is 0. The predicted octanol–water partition coefficient (Wildman–Crippen LogP) is 3.05. The number of rotatable bonds is 4. The number of carbonyl (C=O) groups is 2. The number of hydrogen-bond donors (Lipinski definition) is 3. The van der Waals surface area contributed by atoms with E-state index in [2.05, 4.69) is 5.32 Å². The fourth-order valence-electron chi connectivity index (χ4n) is 2.60. The Labute approximate surface area is 126 Å². The van der Waals surface area contributed by atoms with Gasteiger partial charge in [0.2, 0.25) is 0 Å². The number of hydrogen-bond acceptors (Lipinski definition) is 4. The van der Waals surface area contributed by atoms with Gasteiger partial charge in [0.05, 0.1) is 34.7 Å². The molecule has 1 aliphatic heterocycles. The van der Waals surface area contributed by atoms with Crippen LogP contribution in [-0.2, 0) is 4.79 Å². The molecule has 3 rings (SSSR count). The van der Waals surface area contributed by atoms with Crippen LogP contribution >= 0.6 is 0 Å². The minimum atomic E-state index is -1.03. The van der Waals surface area contributed by atoms with Gasteiger partial charge >= 0.3 is 11.9 Å². The molecule has 2 aromatic carbocycles. The van der Waals surface area contributed by atoms with Crippen LogP contribution in [0.1, 0.15) is 16.8 Å². The van der Waals surface area contributed by atoms with Crippen LogP contribution in [0.3, 0.4) is 0 Å². The topological polar surface area (TPSA) is 89.9 Å². The molecule has 3 N–H and O–H groups in total. The van der Waals surface area contributed by atoms with Gasteiger partial charge in [0, 0.05) is 6.54 Å². The third-order valence-corrected chi connectivity index (χ3v) is 3.57. The first-order valence-electron chi connectivity index (χ1n) is 6.79. The lowest BCUT2D eigenvalue weighted by atomic mass is 10.0. The van der Waals surface area contributed by atoms with Crippen molar-refractivity contribution in [3.05, 3.63) is 48.0 Å². The Morgan fingerprint density at radius 1 is 1.00 bits per heavy atom. The molecule has 0 bridgehead atoms. The van der Waals surface area contributed by atoms with Crippen molar-refractivity contribution in [3.8, 4) is 0 Å². The number of nitrogens with one attached hydrogen (secondary N) is 1. The summed E-state index contributed by atoms with van der Waals surface area (Å²) in [5.41, 5.74) is 2.90. The highest BCUT2D eigenvalue weighted by Crippen LogP contribution is 2.44. The summed E-state index contributed by atoms with van der Waals surface area (Å²) in [6.07, 6.45) is -0.0366. The van der Waals surface area contributed by atoms with Gasteiger partial charge in [0.15, 0.2) is 0 Å². The molecule has 0 spiro atoms. The molecular formula is C16H14N2O4. The molecule has 0 saturated carbocycles. The van der Waals surface area contributed by atoms with E-state index in [0.717, 1.165) is 11.4 Å². The minimum absolute atomic E-state index is 0.0366. The first-order valence-corrected chi connectivity index (χ1v) is 6.79. The van der Waals surface area contributed by atoms with E-state index < -0.39 is 11.9 Å². The van der Waals surface area contributed by atoms with Crippen molar-refractivity contribution in [1.29, 1.82) is 0 Å². The van der Waals surface area contributed by atoms with Gasteiger partial charge in [-0.25, -0.2) is 4.79 Å². The second-order valence-electron chi connectivity index (χ2n) is 4.94. The third kappa shape index (κ3) is 2.35. The lowest BCUT2D eigenvalue weighted by Gasteiger charge is -2.34. The Balaban J connectivity index is 2.12. The summed E-state index contributed by atoms with van der Waals surface area (Å²) in [4.78, 5) is 24.1. The van der Waals surface area contributed by atoms with Gasteiger partial charge in [-0.15, -0.1) is 0 Å². The summed E-state index contributed by atoms with van der Waals surface area (Å²) in [6.45, 7) is 0.268. The van der Waals surface area contributed by atoms with E-state index in [1.165, 1.54) is 6.07 Å². The zero-order valence-corrected chi connectivity index (χ0v) is 11.6. The molecule has 0 unspecified atom stereocenters. The van der Waals surface area contributed by atoms with E-state index in [1.807, 2.05) is 29.2 Å². The first-order chi connectivity index (χ1) is 10.6. The van der Waals surface area contributed by atoms with E-state index in [1.54, 1.807) is 12.1 Å². The number of para-hydroxylation sites is 3. The standard InChI is InChI=1S/C16H14N2O4/c19-14(20)8-9-18-12-6-2-1-5-11(12)17-15-10(16(21)22)4-3-7-13(15)18/h1-7,17H,8-9H2,(H,19,20)(H,21,22). The highest BCUT2D eigenvalue weighted by Gasteiger charge is 2.26. The van der Waals surface area contributed by atoms with Crippen molar-refractivity contribution < 1.29 is 19.8 Å². The molecule has 6 heteroatoms. The highest BCUT2D eigenvalue weighted by molar-refractivity contribution is 6.03. The van der Waals surface area contributed by atoms with E-state index in [0.29, 0.717) is 11.4 Å². The van der Waals surface area contributed by atoms with Gasteiger partial charge in [-0.1, -0.05) is 18.2 Å². The lowest BCUT2D eigenvalue weighted by Crippen LogP contribution is -2.26. The number of anilines is 4. The van der Waals surface area contributed by atoms with Crippen LogP contribution in [-0.4, -0.2) is 28.7 Å². The van der Waals surface area contributed by atoms with Crippen LogP contribution in [0.25, 0.3) is 0 Å². The second-order valence-corrected chi connectivity index (χ2v) is 4.94. The van der Waals surface area contributed by atoms with E-state index in [9.17, 15) is 14.7 Å². The molecule has 0 atom stereocenters. The highest BCUT2D eigenvalue weighted by atomic mass is 16.4. The lowest BCUT2D eigenvalue weighted by molar-refractivity contribution is -0.136. The molecule has 2 aromatic rings. The molecule has 22 heavy (non-hydrogen) atoms. The van der Waals surface area contributed by atoms with Crippen molar-refractivity contribution in [2.24, 2.45) is 0 Å². The molecule has 1 heterocycles. The third-order valence-electron chi connectivity index (χ3n) is 3.57. The molecule has 0 aliphatic carbocycles. The normalized spacial score (nSPS) is 12.1. The van der Waals surface area contributed by atoms with Gasteiger partial charge in [-0.2, -0.15) is 0 Å². The maximum atomic E-state index is 11.4. The number of carboxylic acids is 2. The molecule has 0 saturated heterocycles. The average molecular weight is 298 g/mol. The Hall–Kier alpha value is -3.02. The minimum Gasteiger partial charge on any atom is -0.481 e. The fourth-order valence-corrected chi connectivity index (χ4v) is 2.60. The van der Waals surface area contributed by atoms with Crippen molar-refractivity contribution in [1.82, 2.24) is 0 Å². The largest absolute Gasteiger partial charge is 0.481 e. The van der Waals surface area contributed by atoms with Crippen LogP contribution in [0.5, 0.6) is 0 Å². The van der Waals surface area contributed by atoms with Crippen molar-refractivity contribution in [2.75, 3.05) is 16.8 Å². The average Bonchev–Trinajstić information content (AvgIpc) is 2.50. The molecule has 6 nitrogen and oxygen atoms in total. The Morgan fingerprint density at radius 2 is 1.73 bits per heavy atom. The molecule has 0 aromatic heterocycles. The van der Waals surface area contributed by atoms with Crippen LogP contribution in [0.2, 0.25) is 0 Å². The zero-order valence-electron chi connectivity index (χ0n) is 11.6. The summed E-state index contributed by atoms with van der Waals surface area (Å²) in [5.74, 6) is -1.92. The van der Waals surface area contributed by atoms with Crippen molar-refractivity contribution in [2.45, 2.75) is 6.42 Å². The van der Waals surface area contributed by atoms with Gasteiger partial charge in [0.1, 0.15) is 0 Å². The summed E-state index contributed by atoms with van der Waals surface area (Å²) in [5, 5.41) is 21.4. The number of benzene rings is 2. The number of carboxylic acid groups (broad SMARTS) is 2.